The molecule has 0 bridgehead atoms. The number of nitrogens with one attached hydrogen (secondary N) is 1. The van der Waals surface area contributed by atoms with E-state index in [2.05, 4.69) is 10.3 Å². The Bertz CT molecular complexity index is 1120. The van der Waals surface area contributed by atoms with Gasteiger partial charge in [-0.1, -0.05) is 6.07 Å². The normalized spacial score (nSPS) is 17.4. The molecule has 1 aliphatic carbocycles. The zero-order chi connectivity index (χ0) is 20.7. The van der Waals surface area contributed by atoms with Gasteiger partial charge < -0.3 is 14.5 Å². The summed E-state index contributed by atoms with van der Waals surface area (Å²) in [7, 11) is 0. The van der Waals surface area contributed by atoms with E-state index in [0.29, 0.717) is 31.7 Å². The third kappa shape index (κ3) is 3.38. The molecule has 1 aliphatic heterocycles. The number of cyclic esters (lactones) is 1. The van der Waals surface area contributed by atoms with Crippen molar-refractivity contribution in [3.63, 3.8) is 0 Å². The predicted molar refractivity (Wildman–Crippen MR) is 107 cm³/mol. The number of furan rings is 1. The first kappa shape index (κ1) is 18.6. The Hall–Kier alpha value is -3.42. The van der Waals surface area contributed by atoms with Crippen molar-refractivity contribution in [1.29, 1.82) is 0 Å². The van der Waals surface area contributed by atoms with Gasteiger partial charge in [0, 0.05) is 36.4 Å². The van der Waals surface area contributed by atoms with E-state index in [4.69, 9.17) is 14.3 Å². The highest BCUT2D eigenvalue weighted by Gasteiger charge is 2.30. The Kier molecular flexibility index (Phi) is 4.61. The quantitative estimate of drug-likeness (QED) is 0.654. The molecule has 5 rings (SSSR count). The Balaban J connectivity index is 1.37. The van der Waals surface area contributed by atoms with Gasteiger partial charge in [-0.2, -0.15) is 5.10 Å². The van der Waals surface area contributed by atoms with E-state index in [1.807, 2.05) is 36.0 Å². The number of amides is 1. The van der Waals surface area contributed by atoms with Crippen LogP contribution in [0.15, 0.2) is 35.0 Å². The third-order valence-corrected chi connectivity index (χ3v) is 5.63. The number of hydrogen-bond donors (Lipinski definition) is 1. The highest BCUT2D eigenvalue weighted by molar-refractivity contribution is 5.95. The van der Waals surface area contributed by atoms with Crippen molar-refractivity contribution >= 4 is 11.9 Å². The van der Waals surface area contributed by atoms with E-state index in [0.717, 1.165) is 46.7 Å². The van der Waals surface area contributed by atoms with E-state index < -0.39 is 0 Å². The number of aryl methyl sites for hydroxylation is 2. The SMILES string of the molecule is Cc1c(C(=O)NC[C@@H]2CCC(=O)O2)oc2c1-c1nn(Cc3ccccn3)cc1CC2. The van der Waals surface area contributed by atoms with Crippen LogP contribution in [0.3, 0.4) is 0 Å². The molecule has 0 spiro atoms. The standard InChI is InChI=1S/C22H22N4O4/c1-13-19-17(30-21(13)22(28)24-10-16-6-8-18(27)29-16)7-5-14-11-26(25-20(14)19)12-15-4-2-3-9-23-15/h2-4,9,11,16H,5-8,10,12H2,1H3,(H,24,28)/t16-/m0/s1. The van der Waals surface area contributed by atoms with Crippen molar-refractivity contribution in [3.8, 4) is 11.3 Å². The van der Waals surface area contributed by atoms with E-state index in [1.54, 1.807) is 6.20 Å². The first-order chi connectivity index (χ1) is 14.6. The number of esters is 1. The molecule has 1 fully saturated rings. The highest BCUT2D eigenvalue weighted by atomic mass is 16.5. The van der Waals surface area contributed by atoms with Gasteiger partial charge in [-0.25, -0.2) is 0 Å². The first-order valence-electron chi connectivity index (χ1n) is 10.1. The van der Waals surface area contributed by atoms with Crippen molar-refractivity contribution in [1.82, 2.24) is 20.1 Å². The lowest BCUT2D eigenvalue weighted by Crippen LogP contribution is -2.32. The van der Waals surface area contributed by atoms with E-state index in [1.165, 1.54) is 0 Å². The molecular formula is C22H22N4O4. The summed E-state index contributed by atoms with van der Waals surface area (Å²) in [5.74, 6) is 0.587. The maximum atomic E-state index is 12.7. The summed E-state index contributed by atoms with van der Waals surface area (Å²) in [6.45, 7) is 2.77. The van der Waals surface area contributed by atoms with Gasteiger partial charge in [-0.05, 0) is 37.5 Å². The smallest absolute Gasteiger partial charge is 0.306 e. The molecule has 2 aliphatic rings. The summed E-state index contributed by atoms with van der Waals surface area (Å²) in [5, 5.41) is 7.60. The topological polar surface area (TPSA) is 99.3 Å². The van der Waals surface area contributed by atoms with Gasteiger partial charge in [0.15, 0.2) is 5.76 Å². The van der Waals surface area contributed by atoms with Crippen LogP contribution in [0.5, 0.6) is 0 Å². The Morgan fingerprint density at radius 1 is 1.30 bits per heavy atom. The largest absolute Gasteiger partial charge is 0.460 e. The molecule has 1 N–H and O–H groups in total. The van der Waals surface area contributed by atoms with Crippen LogP contribution in [0.2, 0.25) is 0 Å². The zero-order valence-corrected chi connectivity index (χ0v) is 16.7. The predicted octanol–water partition coefficient (Wildman–Crippen LogP) is 2.43. The van der Waals surface area contributed by atoms with Crippen LogP contribution in [0.4, 0.5) is 0 Å². The lowest BCUT2D eigenvalue weighted by Gasteiger charge is -2.09. The van der Waals surface area contributed by atoms with Crippen LogP contribution >= 0.6 is 0 Å². The average molecular weight is 406 g/mol. The summed E-state index contributed by atoms with van der Waals surface area (Å²) in [6.07, 6.45) is 6.13. The fourth-order valence-corrected chi connectivity index (χ4v) is 4.13. The number of hydrogen-bond acceptors (Lipinski definition) is 6. The number of pyridine rings is 1. The number of nitrogens with zero attached hydrogens (tertiary/aromatic N) is 3. The minimum Gasteiger partial charge on any atom is -0.460 e. The van der Waals surface area contributed by atoms with Crippen molar-refractivity contribution in [2.45, 2.75) is 45.3 Å². The lowest BCUT2D eigenvalue weighted by molar-refractivity contribution is -0.141. The van der Waals surface area contributed by atoms with E-state index in [9.17, 15) is 9.59 Å². The summed E-state index contributed by atoms with van der Waals surface area (Å²) < 4.78 is 13.0. The number of aromatic nitrogens is 3. The Labute approximate surface area is 173 Å². The van der Waals surface area contributed by atoms with Crippen molar-refractivity contribution in [2.75, 3.05) is 6.54 Å². The molecule has 0 aromatic carbocycles. The highest BCUT2D eigenvalue weighted by Crippen LogP contribution is 2.38. The van der Waals surface area contributed by atoms with Gasteiger partial charge in [-0.3, -0.25) is 19.3 Å². The van der Waals surface area contributed by atoms with Crippen molar-refractivity contribution in [2.24, 2.45) is 0 Å². The van der Waals surface area contributed by atoms with E-state index in [-0.39, 0.29) is 18.0 Å². The van der Waals surface area contributed by atoms with Gasteiger partial charge in [0.25, 0.3) is 5.91 Å². The molecule has 1 atom stereocenters. The molecule has 0 radical (unpaired) electrons. The maximum absolute atomic E-state index is 12.7. The van der Waals surface area contributed by atoms with Gasteiger partial charge in [0.05, 0.1) is 24.5 Å². The van der Waals surface area contributed by atoms with Gasteiger partial charge >= 0.3 is 5.97 Å². The minimum absolute atomic E-state index is 0.215. The van der Waals surface area contributed by atoms with E-state index >= 15 is 0 Å². The van der Waals surface area contributed by atoms with Gasteiger partial charge in [0.1, 0.15) is 11.9 Å². The molecular weight excluding hydrogens is 384 g/mol. The lowest BCUT2D eigenvalue weighted by atomic mass is 9.93. The molecule has 154 valence electrons. The van der Waals surface area contributed by atoms with Crippen LogP contribution in [-0.2, 0) is 28.9 Å². The second kappa shape index (κ2) is 7.44. The molecule has 4 heterocycles. The minimum atomic E-state index is -0.292. The summed E-state index contributed by atoms with van der Waals surface area (Å²) >= 11 is 0. The molecule has 30 heavy (non-hydrogen) atoms. The van der Waals surface area contributed by atoms with Gasteiger partial charge in [0.2, 0.25) is 0 Å². The third-order valence-electron chi connectivity index (χ3n) is 5.63. The maximum Gasteiger partial charge on any atom is 0.306 e. The molecule has 1 amide bonds. The average Bonchev–Trinajstić information content (AvgIpc) is 3.43. The summed E-state index contributed by atoms with van der Waals surface area (Å²) in [5.41, 5.74) is 4.65. The Morgan fingerprint density at radius 2 is 2.20 bits per heavy atom. The summed E-state index contributed by atoms with van der Waals surface area (Å²) in [4.78, 5) is 28.3. The molecule has 0 unspecified atom stereocenters. The molecule has 1 saturated heterocycles. The monoisotopic (exact) mass is 406 g/mol. The first-order valence-corrected chi connectivity index (χ1v) is 10.1. The molecule has 3 aromatic rings. The van der Waals surface area contributed by atoms with Crippen LogP contribution < -0.4 is 5.32 Å². The van der Waals surface area contributed by atoms with Crippen LogP contribution in [-0.4, -0.2) is 39.3 Å². The fourth-order valence-electron chi connectivity index (χ4n) is 4.13. The Morgan fingerprint density at radius 3 is 2.97 bits per heavy atom. The molecule has 0 saturated carbocycles. The summed E-state index contributed by atoms with van der Waals surface area (Å²) in [6, 6.07) is 5.82. The van der Waals surface area contributed by atoms with Crippen molar-refractivity contribution in [3.05, 3.63) is 58.9 Å². The fraction of sp³-hybridized carbons (Fsp3) is 0.364. The molecule has 8 nitrogen and oxygen atoms in total. The van der Waals surface area contributed by atoms with Gasteiger partial charge in [-0.15, -0.1) is 0 Å². The van der Waals surface area contributed by atoms with Crippen LogP contribution in [0.25, 0.3) is 11.3 Å². The van der Waals surface area contributed by atoms with Crippen LogP contribution in [0.1, 0.15) is 46.0 Å². The molecule has 8 heteroatoms. The molecule has 3 aromatic heterocycles. The second-order valence-corrected chi connectivity index (χ2v) is 7.74. The number of ether oxygens (including phenoxy) is 1. The number of fused-ring (bicyclic) bond motifs is 3. The number of rotatable bonds is 5. The van der Waals surface area contributed by atoms with Crippen LogP contribution in [0, 0.1) is 6.92 Å². The number of carbonyl (C=O) groups excluding carboxylic acids is 2. The van der Waals surface area contributed by atoms with Crippen molar-refractivity contribution < 1.29 is 18.7 Å². The second-order valence-electron chi connectivity index (χ2n) is 7.74. The zero-order valence-electron chi connectivity index (χ0n) is 16.7. The number of carbonyl (C=O) groups is 2.